The van der Waals surface area contributed by atoms with Crippen LogP contribution in [0.15, 0.2) is 102 Å². The fraction of sp³-hybridized carbons (Fsp3) is 0.167. The second kappa shape index (κ2) is 14.5. The molecule has 1 atom stereocenters. The van der Waals surface area contributed by atoms with Crippen LogP contribution in [0.3, 0.4) is 0 Å². The molecular weight excluding hydrogens is 729 g/mol. The molecule has 16 heteroatoms. The van der Waals surface area contributed by atoms with E-state index in [0.29, 0.717) is 68.8 Å². The van der Waals surface area contributed by atoms with Crippen LogP contribution in [0, 0.1) is 10.1 Å². The van der Waals surface area contributed by atoms with Gasteiger partial charge in [-0.05, 0) is 54.6 Å². The second-order valence-corrected chi connectivity index (χ2v) is 14.3. The van der Waals surface area contributed by atoms with E-state index in [1.54, 1.807) is 43.3 Å². The molecule has 0 fully saturated rings. The zero-order valence-electron chi connectivity index (χ0n) is 28.0. The number of hydrogen-bond donors (Lipinski definition) is 0. The lowest BCUT2D eigenvalue weighted by atomic mass is 9.92. The monoisotopic (exact) mass is 756 g/mol. The first-order valence-corrected chi connectivity index (χ1v) is 18.1. The van der Waals surface area contributed by atoms with E-state index in [9.17, 15) is 19.7 Å². The van der Waals surface area contributed by atoms with E-state index in [1.807, 2.05) is 30.3 Å². The topological polar surface area (TPSA) is 158 Å². The lowest BCUT2D eigenvalue weighted by molar-refractivity contribution is -0.384. The molecule has 13 nitrogen and oxygen atoms in total. The van der Waals surface area contributed by atoms with Crippen LogP contribution in [0.25, 0.3) is 22.0 Å². The highest BCUT2D eigenvalue weighted by atomic mass is 32.2. The van der Waals surface area contributed by atoms with Crippen molar-refractivity contribution in [2.45, 2.75) is 22.4 Å². The van der Waals surface area contributed by atoms with Crippen molar-refractivity contribution in [2.75, 3.05) is 27.9 Å². The number of fused-ring (bicyclic) bond motifs is 2. The summed E-state index contributed by atoms with van der Waals surface area (Å²) >= 11 is 3.73. The van der Waals surface area contributed by atoms with Gasteiger partial charge in [-0.15, -0.1) is 11.3 Å². The summed E-state index contributed by atoms with van der Waals surface area (Å²) in [5.74, 6) is 0.807. The zero-order valence-corrected chi connectivity index (χ0v) is 30.4. The van der Waals surface area contributed by atoms with E-state index in [0.717, 1.165) is 11.3 Å². The van der Waals surface area contributed by atoms with E-state index in [-0.39, 0.29) is 17.9 Å². The smallest absolute Gasteiger partial charge is 0.338 e. The molecule has 6 aromatic rings. The number of hydrogen-bond acceptors (Lipinski definition) is 14. The number of esters is 1. The number of nitro benzene ring substituents is 1. The van der Waals surface area contributed by atoms with Crippen molar-refractivity contribution in [2.24, 2.45) is 4.99 Å². The highest BCUT2D eigenvalue weighted by Gasteiger charge is 2.36. The molecule has 1 aliphatic heterocycles. The number of benzene rings is 3. The Hall–Kier alpha value is -5.71. The number of furan rings is 1. The number of carbonyl (C=O) groups excluding carboxylic acids is 1. The normalized spacial score (nSPS) is 14.2. The number of methoxy groups -OCH3 is 3. The number of nitrogens with zero attached hydrogens (tertiary/aromatic N) is 4. The quantitative estimate of drug-likeness (QED) is 0.0840. The van der Waals surface area contributed by atoms with Gasteiger partial charge in [0.25, 0.3) is 11.2 Å². The summed E-state index contributed by atoms with van der Waals surface area (Å²) < 4.78 is 31.6. The first-order chi connectivity index (χ1) is 25.2. The summed E-state index contributed by atoms with van der Waals surface area (Å²) in [5, 5.41) is 11.7. The summed E-state index contributed by atoms with van der Waals surface area (Å²) in [5.41, 5.74) is 1.93. The van der Waals surface area contributed by atoms with Gasteiger partial charge in [-0.1, -0.05) is 41.7 Å². The molecule has 52 heavy (non-hydrogen) atoms. The molecule has 3 aromatic carbocycles. The SMILES string of the molecule is CCOC(=O)C1=C(c2ccccc2)N=c2s/c(=C\c3ccc(Sc4nc5ccc([N+](=O)[O-])cc5s4)o3)c(=O)n2[C@@H]1c1cc(OC)c(OC)c(OC)c1. The number of thiazole rings is 2. The lowest BCUT2D eigenvalue weighted by Gasteiger charge is -2.27. The maximum absolute atomic E-state index is 14.4. The van der Waals surface area contributed by atoms with Gasteiger partial charge >= 0.3 is 5.97 Å². The number of aromatic nitrogens is 2. The first kappa shape index (κ1) is 34.7. The molecule has 0 saturated heterocycles. The number of nitro groups is 1. The Morgan fingerprint density at radius 2 is 1.77 bits per heavy atom. The third-order valence-corrected chi connectivity index (χ3v) is 11.0. The van der Waals surface area contributed by atoms with E-state index in [1.165, 1.54) is 61.1 Å². The van der Waals surface area contributed by atoms with E-state index in [4.69, 9.17) is 28.4 Å². The van der Waals surface area contributed by atoms with E-state index < -0.39 is 22.5 Å². The first-order valence-electron chi connectivity index (χ1n) is 15.6. The van der Waals surface area contributed by atoms with Gasteiger partial charge in [0.2, 0.25) is 5.75 Å². The lowest BCUT2D eigenvalue weighted by Crippen LogP contribution is -2.40. The fourth-order valence-electron chi connectivity index (χ4n) is 5.75. The van der Waals surface area contributed by atoms with Gasteiger partial charge in [0, 0.05) is 23.8 Å². The Morgan fingerprint density at radius 1 is 1.02 bits per heavy atom. The molecular formula is C36H28N4O9S3. The van der Waals surface area contributed by atoms with Crippen molar-refractivity contribution in [1.82, 2.24) is 9.55 Å². The summed E-state index contributed by atoms with van der Waals surface area (Å²) in [6.45, 7) is 1.82. The number of non-ortho nitro benzene ring substituents is 1. The Bertz CT molecular complexity index is 2550. The molecule has 1 aliphatic rings. The van der Waals surface area contributed by atoms with E-state index in [2.05, 4.69) is 4.98 Å². The zero-order chi connectivity index (χ0) is 36.5. The summed E-state index contributed by atoms with van der Waals surface area (Å²) in [7, 11) is 4.47. The summed E-state index contributed by atoms with van der Waals surface area (Å²) in [6, 6.07) is 19.7. The van der Waals surface area contributed by atoms with Crippen molar-refractivity contribution in [1.29, 1.82) is 0 Å². The second-order valence-electron chi connectivity index (χ2n) is 11.0. The third kappa shape index (κ3) is 6.47. The number of rotatable bonds is 11. The molecule has 0 aliphatic carbocycles. The highest BCUT2D eigenvalue weighted by Crippen LogP contribution is 2.43. The average Bonchev–Trinajstić information content (AvgIpc) is 3.86. The number of carbonyl (C=O) groups is 1. The van der Waals surface area contributed by atoms with Gasteiger partial charge in [-0.2, -0.15) is 0 Å². The predicted molar refractivity (Wildman–Crippen MR) is 196 cm³/mol. The Morgan fingerprint density at radius 3 is 2.44 bits per heavy atom. The van der Waals surface area contributed by atoms with Crippen LogP contribution in [0.4, 0.5) is 5.69 Å². The maximum Gasteiger partial charge on any atom is 0.338 e. The minimum Gasteiger partial charge on any atom is -0.493 e. The van der Waals surface area contributed by atoms with Gasteiger partial charge in [0.15, 0.2) is 25.7 Å². The molecule has 0 bridgehead atoms. The molecule has 4 heterocycles. The molecule has 0 radical (unpaired) electrons. The maximum atomic E-state index is 14.4. The van der Waals surface area contributed by atoms with Crippen molar-refractivity contribution in [3.8, 4) is 17.2 Å². The predicted octanol–water partition coefficient (Wildman–Crippen LogP) is 6.22. The van der Waals surface area contributed by atoms with Crippen LogP contribution >= 0.6 is 34.4 Å². The number of ether oxygens (including phenoxy) is 4. The molecule has 0 N–H and O–H groups in total. The summed E-state index contributed by atoms with van der Waals surface area (Å²) in [4.78, 5) is 48.8. The minimum absolute atomic E-state index is 0.00720. The highest BCUT2D eigenvalue weighted by molar-refractivity contribution is 8.01. The van der Waals surface area contributed by atoms with Crippen LogP contribution in [-0.2, 0) is 9.53 Å². The minimum atomic E-state index is -0.987. The third-order valence-electron chi connectivity index (χ3n) is 8.00. The van der Waals surface area contributed by atoms with Crippen molar-refractivity contribution in [3.05, 3.63) is 125 Å². The largest absolute Gasteiger partial charge is 0.493 e. The molecule has 0 unspecified atom stereocenters. The van der Waals surface area contributed by atoms with Crippen molar-refractivity contribution >= 4 is 68.1 Å². The molecule has 0 saturated carbocycles. The van der Waals surface area contributed by atoms with Crippen molar-refractivity contribution < 1.29 is 33.1 Å². The Kier molecular flexibility index (Phi) is 9.68. The van der Waals surface area contributed by atoms with Gasteiger partial charge in [0.05, 0.1) is 64.9 Å². The average molecular weight is 757 g/mol. The van der Waals surface area contributed by atoms with Crippen LogP contribution in [0.5, 0.6) is 17.2 Å². The Balaban J connectivity index is 1.36. The van der Waals surface area contributed by atoms with Crippen LogP contribution in [-0.4, -0.2) is 48.4 Å². The standard InChI is InChI=1S/C36H28N4O9S3/c1-5-48-34(42)29-30(19-9-7-6-8-10-19)38-35-39(31(29)20-15-24(45-2)32(47-4)25(16-20)46-3)33(41)27(50-35)18-22-12-14-28(49-22)52-36-37-23-13-11-21(40(43)44)17-26(23)51-36/h6-18,31H,5H2,1-4H3/b27-18-/t31-/m1/s1. The van der Waals surface area contributed by atoms with E-state index >= 15 is 0 Å². The molecule has 3 aromatic heterocycles. The van der Waals surface area contributed by atoms with Crippen LogP contribution in [0.2, 0.25) is 0 Å². The van der Waals surface area contributed by atoms with Gasteiger partial charge < -0.3 is 23.4 Å². The molecule has 264 valence electrons. The van der Waals surface area contributed by atoms with Gasteiger partial charge in [-0.25, -0.2) is 14.8 Å². The Labute approximate surface area is 307 Å². The van der Waals surface area contributed by atoms with Crippen molar-refractivity contribution in [3.63, 3.8) is 0 Å². The van der Waals surface area contributed by atoms with Crippen LogP contribution < -0.4 is 29.1 Å². The fourth-order valence-corrected chi connectivity index (χ4v) is 8.73. The van der Waals surface area contributed by atoms with Gasteiger partial charge in [0.1, 0.15) is 5.76 Å². The van der Waals surface area contributed by atoms with Gasteiger partial charge in [-0.3, -0.25) is 19.5 Å². The molecule has 0 spiro atoms. The molecule has 7 rings (SSSR count). The molecule has 0 amide bonds. The summed E-state index contributed by atoms with van der Waals surface area (Å²) in [6.07, 6.45) is 1.62. The van der Waals surface area contributed by atoms with Crippen LogP contribution in [0.1, 0.15) is 29.9 Å².